The summed E-state index contributed by atoms with van der Waals surface area (Å²) in [6, 6.07) is 14.4. The molecule has 1 aliphatic rings. The van der Waals surface area contributed by atoms with E-state index in [9.17, 15) is 4.79 Å². The second-order valence-corrected chi connectivity index (χ2v) is 6.14. The lowest BCUT2D eigenvalue weighted by Gasteiger charge is -2.14. The molecule has 1 atom stereocenters. The molecule has 4 rings (SSSR count). The molecule has 0 spiro atoms. The van der Waals surface area contributed by atoms with Crippen molar-refractivity contribution in [2.75, 3.05) is 5.32 Å². The molecule has 0 saturated carbocycles. The Bertz CT molecular complexity index is 881. The molecule has 0 saturated heterocycles. The Balaban J connectivity index is 1.73. The van der Waals surface area contributed by atoms with Crippen LogP contribution in [-0.2, 0) is 17.6 Å². The summed E-state index contributed by atoms with van der Waals surface area (Å²) in [7, 11) is 0. The zero-order chi connectivity index (χ0) is 15.8. The molecule has 1 aromatic heterocycles. The predicted molar refractivity (Wildman–Crippen MR) is 91.6 cm³/mol. The minimum Gasteiger partial charge on any atom is -0.326 e. The van der Waals surface area contributed by atoms with Crippen LogP contribution in [0, 0.1) is 0 Å². The van der Waals surface area contributed by atoms with Crippen LogP contribution in [0.4, 0.5) is 5.69 Å². The first-order valence-electron chi connectivity index (χ1n) is 8.09. The summed E-state index contributed by atoms with van der Waals surface area (Å²) in [4.78, 5) is 12.2. The molecule has 23 heavy (non-hydrogen) atoms. The van der Waals surface area contributed by atoms with Crippen LogP contribution in [0.1, 0.15) is 36.1 Å². The third-order valence-corrected chi connectivity index (χ3v) is 4.67. The van der Waals surface area contributed by atoms with E-state index in [4.69, 9.17) is 0 Å². The number of aromatic amines is 1. The highest BCUT2D eigenvalue weighted by Crippen LogP contribution is 2.32. The average Bonchev–Trinajstić information content (AvgIpc) is 2.89. The number of benzene rings is 2. The fourth-order valence-electron chi connectivity index (χ4n) is 3.43. The van der Waals surface area contributed by atoms with E-state index >= 15 is 0 Å². The smallest absolute Gasteiger partial charge is 0.225 e. The van der Waals surface area contributed by atoms with E-state index < -0.39 is 0 Å². The first-order chi connectivity index (χ1) is 11.2. The first-order valence-corrected chi connectivity index (χ1v) is 8.09. The molecule has 2 N–H and O–H groups in total. The van der Waals surface area contributed by atoms with Gasteiger partial charge in [-0.1, -0.05) is 37.3 Å². The van der Waals surface area contributed by atoms with E-state index in [2.05, 4.69) is 46.7 Å². The van der Waals surface area contributed by atoms with Crippen LogP contribution in [0.3, 0.4) is 0 Å². The number of fused-ring (bicyclic) bond motifs is 2. The maximum Gasteiger partial charge on any atom is 0.225 e. The van der Waals surface area contributed by atoms with Crippen molar-refractivity contribution >= 4 is 22.5 Å². The summed E-state index contributed by atoms with van der Waals surface area (Å²) in [5, 5.41) is 11.7. The molecule has 4 heteroatoms. The molecular formula is C19H19N3O. The zero-order valence-corrected chi connectivity index (χ0v) is 13.1. The van der Waals surface area contributed by atoms with Crippen molar-refractivity contribution in [2.45, 2.75) is 32.1 Å². The van der Waals surface area contributed by atoms with Crippen molar-refractivity contribution < 1.29 is 4.79 Å². The number of rotatable bonds is 2. The molecule has 1 unspecified atom stereocenters. The molecule has 1 aliphatic heterocycles. The lowest BCUT2D eigenvalue weighted by molar-refractivity contribution is -0.116. The number of anilines is 1. The van der Waals surface area contributed by atoms with Crippen LogP contribution in [0.5, 0.6) is 0 Å². The van der Waals surface area contributed by atoms with Gasteiger partial charge in [0, 0.05) is 23.2 Å². The maximum atomic E-state index is 12.2. The summed E-state index contributed by atoms with van der Waals surface area (Å²) < 4.78 is 0. The van der Waals surface area contributed by atoms with Gasteiger partial charge in [-0.3, -0.25) is 9.89 Å². The number of aromatic nitrogens is 2. The number of H-pyrrole nitrogens is 1. The zero-order valence-electron chi connectivity index (χ0n) is 13.1. The molecule has 116 valence electrons. The van der Waals surface area contributed by atoms with E-state index in [-0.39, 0.29) is 11.8 Å². The summed E-state index contributed by atoms with van der Waals surface area (Å²) in [6.07, 6.45) is 2.31. The standard InChI is InChI=1S/C19H19N3O/c1-2-16-15-8-7-12(10-18(15)22-21-16)14-9-13-5-3-4-6-17(13)20-19(23)11-14/h3-8,10,14H,2,9,11H2,1H3,(H,20,23)(H,21,22). The highest BCUT2D eigenvalue weighted by Gasteiger charge is 2.23. The van der Waals surface area contributed by atoms with Gasteiger partial charge in [0.15, 0.2) is 0 Å². The summed E-state index contributed by atoms with van der Waals surface area (Å²) in [5.41, 5.74) is 5.46. The van der Waals surface area contributed by atoms with Crippen molar-refractivity contribution in [2.24, 2.45) is 0 Å². The van der Waals surface area contributed by atoms with E-state index in [1.54, 1.807) is 0 Å². The van der Waals surface area contributed by atoms with E-state index in [0.29, 0.717) is 6.42 Å². The van der Waals surface area contributed by atoms with E-state index in [1.165, 1.54) is 16.5 Å². The molecule has 0 fully saturated rings. The molecule has 0 bridgehead atoms. The van der Waals surface area contributed by atoms with Crippen molar-refractivity contribution in [3.63, 3.8) is 0 Å². The highest BCUT2D eigenvalue weighted by atomic mass is 16.1. The number of hydrogen-bond donors (Lipinski definition) is 2. The van der Waals surface area contributed by atoms with Crippen LogP contribution in [-0.4, -0.2) is 16.1 Å². The van der Waals surface area contributed by atoms with Gasteiger partial charge in [-0.25, -0.2) is 0 Å². The van der Waals surface area contributed by atoms with Crippen LogP contribution < -0.4 is 5.32 Å². The molecule has 2 aromatic carbocycles. The monoisotopic (exact) mass is 305 g/mol. The van der Waals surface area contributed by atoms with E-state index in [1.807, 2.05) is 18.2 Å². The van der Waals surface area contributed by atoms with E-state index in [0.717, 1.165) is 29.7 Å². The molecular weight excluding hydrogens is 286 g/mol. The number of amides is 1. The molecule has 4 nitrogen and oxygen atoms in total. The number of para-hydroxylation sites is 1. The Morgan fingerprint density at radius 1 is 1.17 bits per heavy atom. The SMILES string of the molecule is CCc1[nH]nc2cc(C3CC(=O)Nc4ccccc4C3)ccc12. The van der Waals surface area contributed by atoms with Crippen LogP contribution >= 0.6 is 0 Å². The van der Waals surface area contributed by atoms with Gasteiger partial charge in [0.05, 0.1) is 5.52 Å². The minimum atomic E-state index is 0.0799. The number of carbonyl (C=O) groups is 1. The number of aryl methyl sites for hydroxylation is 1. The maximum absolute atomic E-state index is 12.2. The molecule has 0 aliphatic carbocycles. The summed E-state index contributed by atoms with van der Waals surface area (Å²) >= 11 is 0. The van der Waals surface area contributed by atoms with Gasteiger partial charge < -0.3 is 5.32 Å². The van der Waals surface area contributed by atoms with Gasteiger partial charge in [-0.15, -0.1) is 0 Å². The quantitative estimate of drug-likeness (QED) is 0.756. The number of hydrogen-bond acceptors (Lipinski definition) is 2. The second-order valence-electron chi connectivity index (χ2n) is 6.14. The lowest BCUT2D eigenvalue weighted by Crippen LogP contribution is -2.12. The van der Waals surface area contributed by atoms with Gasteiger partial charge in [-0.2, -0.15) is 5.10 Å². The lowest BCUT2D eigenvalue weighted by atomic mass is 9.89. The fraction of sp³-hybridized carbons (Fsp3) is 0.263. The van der Waals surface area contributed by atoms with Crippen LogP contribution in [0.2, 0.25) is 0 Å². The minimum absolute atomic E-state index is 0.0799. The number of nitrogens with one attached hydrogen (secondary N) is 2. The Labute approximate surface area is 134 Å². The highest BCUT2D eigenvalue weighted by molar-refractivity contribution is 5.93. The fourth-order valence-corrected chi connectivity index (χ4v) is 3.43. The Morgan fingerprint density at radius 3 is 2.91 bits per heavy atom. The van der Waals surface area contributed by atoms with Gasteiger partial charge in [0.25, 0.3) is 0 Å². The Kier molecular flexibility index (Phi) is 3.37. The van der Waals surface area contributed by atoms with Gasteiger partial charge in [0.1, 0.15) is 0 Å². The second kappa shape index (κ2) is 5.54. The van der Waals surface area contributed by atoms with Crippen molar-refractivity contribution in [1.82, 2.24) is 10.2 Å². The Hall–Kier alpha value is -2.62. The summed E-state index contributed by atoms with van der Waals surface area (Å²) in [5.74, 6) is 0.265. The van der Waals surface area contributed by atoms with Crippen LogP contribution in [0.15, 0.2) is 42.5 Å². The third-order valence-electron chi connectivity index (χ3n) is 4.67. The average molecular weight is 305 g/mol. The largest absolute Gasteiger partial charge is 0.326 e. The van der Waals surface area contributed by atoms with Crippen LogP contribution in [0.25, 0.3) is 10.9 Å². The normalized spacial score (nSPS) is 17.6. The van der Waals surface area contributed by atoms with Gasteiger partial charge in [0.2, 0.25) is 5.91 Å². The topological polar surface area (TPSA) is 57.8 Å². The van der Waals surface area contributed by atoms with Crippen molar-refractivity contribution in [1.29, 1.82) is 0 Å². The molecule has 1 amide bonds. The first kappa shape index (κ1) is 14.0. The number of nitrogens with zero attached hydrogens (tertiary/aromatic N) is 1. The summed E-state index contributed by atoms with van der Waals surface area (Å²) in [6.45, 7) is 2.12. The predicted octanol–water partition coefficient (Wildman–Crippen LogP) is 3.79. The van der Waals surface area contributed by atoms with Gasteiger partial charge >= 0.3 is 0 Å². The molecule has 0 radical (unpaired) electrons. The van der Waals surface area contributed by atoms with Crippen molar-refractivity contribution in [3.05, 3.63) is 59.3 Å². The number of carbonyl (C=O) groups excluding carboxylic acids is 1. The van der Waals surface area contributed by atoms with Crippen molar-refractivity contribution in [3.8, 4) is 0 Å². The van der Waals surface area contributed by atoms with Gasteiger partial charge in [-0.05, 0) is 42.0 Å². The molecule has 2 heterocycles. The third kappa shape index (κ3) is 2.50. The molecule has 3 aromatic rings. The Morgan fingerprint density at radius 2 is 2.04 bits per heavy atom.